The first-order chi connectivity index (χ1) is 26.7. The maximum absolute atomic E-state index is 12.9. The number of nitrogens with zero attached hydrogens (tertiary/aromatic N) is 1. The first-order valence-corrected chi connectivity index (χ1v) is 17.6. The highest BCUT2D eigenvalue weighted by molar-refractivity contribution is 5.89. The Morgan fingerprint density at radius 1 is 0.946 bits per heavy atom. The van der Waals surface area contributed by atoms with Gasteiger partial charge in [-0.2, -0.15) is 13.2 Å². The van der Waals surface area contributed by atoms with Gasteiger partial charge in [0.25, 0.3) is 0 Å². The van der Waals surface area contributed by atoms with Gasteiger partial charge in [0, 0.05) is 24.8 Å². The van der Waals surface area contributed by atoms with Crippen molar-refractivity contribution >= 4 is 18.0 Å². The van der Waals surface area contributed by atoms with Gasteiger partial charge in [-0.05, 0) is 84.8 Å². The molecule has 13 nitrogen and oxygen atoms in total. The molecule has 5 atom stereocenters. The zero-order chi connectivity index (χ0) is 40.7. The zero-order valence-corrected chi connectivity index (χ0v) is 30.3. The van der Waals surface area contributed by atoms with Crippen molar-refractivity contribution in [3.05, 3.63) is 114 Å². The molecule has 4 rings (SSSR count). The predicted octanol–water partition coefficient (Wildman–Crippen LogP) is 6.22. The van der Waals surface area contributed by atoms with Crippen LogP contribution in [0, 0.1) is 11.8 Å². The molecule has 1 aliphatic carbocycles. The number of allylic oxidation sites excluding steroid dienone is 2. The molecule has 1 fully saturated rings. The van der Waals surface area contributed by atoms with E-state index in [1.807, 2.05) is 12.2 Å². The van der Waals surface area contributed by atoms with Gasteiger partial charge in [-0.15, -0.1) is 0 Å². The molecule has 302 valence electrons. The summed E-state index contributed by atoms with van der Waals surface area (Å²) in [7, 11) is 1.41. The van der Waals surface area contributed by atoms with E-state index < -0.39 is 53.3 Å². The molecule has 0 bridgehead atoms. The Morgan fingerprint density at radius 2 is 1.71 bits per heavy atom. The lowest BCUT2D eigenvalue weighted by molar-refractivity contribution is -0.497. The lowest BCUT2D eigenvalue weighted by Gasteiger charge is -2.19. The molecule has 5 N–H and O–H groups in total. The zero-order valence-electron chi connectivity index (χ0n) is 30.3. The Hall–Kier alpha value is -5.07. The van der Waals surface area contributed by atoms with Crippen LogP contribution in [0.15, 0.2) is 97.1 Å². The first kappa shape index (κ1) is 43.7. The molecule has 0 radical (unpaired) electrons. The Bertz CT molecular complexity index is 1830. The van der Waals surface area contributed by atoms with Crippen molar-refractivity contribution in [2.24, 2.45) is 11.8 Å². The number of hydrogen-bond acceptors (Lipinski definition) is 13. The number of halogens is 3. The number of ether oxygens (including phenoxy) is 4. The van der Waals surface area contributed by atoms with Gasteiger partial charge < -0.3 is 34.3 Å². The van der Waals surface area contributed by atoms with Gasteiger partial charge in [0.1, 0.15) is 24.2 Å². The Morgan fingerprint density at radius 3 is 2.46 bits per heavy atom. The topological polar surface area (TPSA) is 185 Å². The summed E-state index contributed by atoms with van der Waals surface area (Å²) in [5, 5.41) is 48.3. The lowest BCUT2D eigenvalue weighted by Crippen LogP contribution is -2.21. The van der Waals surface area contributed by atoms with E-state index in [0.717, 1.165) is 12.1 Å². The van der Waals surface area contributed by atoms with E-state index in [1.165, 1.54) is 49.6 Å². The third-order valence-corrected chi connectivity index (χ3v) is 8.67. The average molecular weight is 788 g/mol. The number of benzene rings is 3. The summed E-state index contributed by atoms with van der Waals surface area (Å²) in [5.74, 6) is -1.36. The lowest BCUT2D eigenvalue weighted by atomic mass is 9.89. The van der Waals surface area contributed by atoms with E-state index in [1.54, 1.807) is 36.4 Å². The van der Waals surface area contributed by atoms with Crippen molar-refractivity contribution in [1.82, 2.24) is 5.39 Å². The maximum atomic E-state index is 12.9. The van der Waals surface area contributed by atoms with Crippen LogP contribution in [0.2, 0.25) is 0 Å². The van der Waals surface area contributed by atoms with Gasteiger partial charge in [-0.1, -0.05) is 48.6 Å². The number of carbonyl (C=O) groups is 2. The van der Waals surface area contributed by atoms with Gasteiger partial charge in [0.05, 0.1) is 36.9 Å². The Balaban J connectivity index is 1.19. The molecule has 0 unspecified atom stereocenters. The number of alkyl halides is 3. The van der Waals surface area contributed by atoms with Crippen LogP contribution >= 0.6 is 0 Å². The molecule has 0 saturated heterocycles. The number of carbonyl (C=O) groups excluding carboxylic acids is 2. The van der Waals surface area contributed by atoms with Gasteiger partial charge in [-0.3, -0.25) is 15.2 Å². The fourth-order valence-corrected chi connectivity index (χ4v) is 5.89. The molecule has 1 aliphatic rings. The minimum absolute atomic E-state index is 0.0451. The highest BCUT2D eigenvalue weighted by atomic mass is 19.4. The molecule has 3 aromatic rings. The summed E-state index contributed by atoms with van der Waals surface area (Å²) in [6.07, 6.45) is 3.72. The summed E-state index contributed by atoms with van der Waals surface area (Å²) >= 11 is 0. The van der Waals surface area contributed by atoms with Gasteiger partial charge in [-0.25, -0.2) is 9.63 Å². The van der Waals surface area contributed by atoms with Crippen molar-refractivity contribution in [2.75, 3.05) is 13.7 Å². The van der Waals surface area contributed by atoms with Crippen molar-refractivity contribution in [1.29, 1.82) is 0 Å². The fraction of sp³-hybridized carbons (Fsp3) is 0.350. The smallest absolute Gasteiger partial charge is 0.416 e. The number of esters is 2. The molecule has 0 aliphatic heterocycles. The molecule has 0 amide bonds. The Labute approximate surface area is 320 Å². The SMILES string of the molecule is COc1cc(/C=C/C(=O)Oc2cccc(CON(O)O)c2)ccc1OC(=O)CCC/C=C\C[C@@H]1[C@@H](/C=C/[C@@H](O)COc2cccc(C(F)(F)F)c2)[C@H](O)C[C@@H]1O. The minimum atomic E-state index is -4.53. The van der Waals surface area contributed by atoms with Crippen molar-refractivity contribution in [2.45, 2.75) is 63.2 Å². The number of unbranched alkanes of at least 4 members (excludes halogenated alkanes) is 1. The van der Waals surface area contributed by atoms with Crippen molar-refractivity contribution in [3.63, 3.8) is 0 Å². The van der Waals surface area contributed by atoms with Crippen LogP contribution in [0.25, 0.3) is 6.08 Å². The highest BCUT2D eigenvalue weighted by Gasteiger charge is 2.39. The second-order valence-electron chi connectivity index (χ2n) is 12.8. The van der Waals surface area contributed by atoms with E-state index in [0.29, 0.717) is 30.4 Å². The molecule has 1 saturated carbocycles. The summed E-state index contributed by atoms with van der Waals surface area (Å²) < 4.78 is 60.3. The first-order valence-electron chi connectivity index (χ1n) is 17.6. The standard InChI is InChI=1S/C40H44F3NO12/c1-52-37-21-26(15-19-39(49)55-31-11-6-8-27(20-31)24-54-44(50)51)14-18-36(37)56-38(48)13-5-3-2-4-12-32-33(35(47)23-34(32)46)17-16-29(45)25-53-30-10-7-9-28(22-30)40(41,42)43/h2,4,6-11,14-22,29,32-35,45-47,50-51H,3,5,12-13,23-25H2,1H3/b4-2-,17-16+,19-15+/t29-,32-,33-,34+,35-/m1/s1. The number of methoxy groups -OCH3 is 1. The highest BCUT2D eigenvalue weighted by Crippen LogP contribution is 2.37. The van der Waals surface area contributed by atoms with Crippen LogP contribution in [-0.2, 0) is 27.2 Å². The van der Waals surface area contributed by atoms with Crippen LogP contribution in [0.1, 0.15) is 48.8 Å². The van der Waals surface area contributed by atoms with Crippen LogP contribution in [0.3, 0.4) is 0 Å². The number of aliphatic hydroxyl groups is 3. The molecular formula is C40H44F3NO12. The summed E-state index contributed by atoms with van der Waals surface area (Å²) in [6.45, 7) is -0.476. The van der Waals surface area contributed by atoms with Crippen molar-refractivity contribution in [3.8, 4) is 23.0 Å². The average Bonchev–Trinajstić information content (AvgIpc) is 3.43. The van der Waals surface area contributed by atoms with Gasteiger partial charge in [0.2, 0.25) is 0 Å². The van der Waals surface area contributed by atoms with E-state index in [2.05, 4.69) is 4.84 Å². The normalized spacial score (nSPS) is 19.2. The summed E-state index contributed by atoms with van der Waals surface area (Å²) in [6, 6.07) is 15.3. The third-order valence-electron chi connectivity index (χ3n) is 8.67. The molecular weight excluding hydrogens is 743 g/mol. The van der Waals surface area contributed by atoms with E-state index in [9.17, 15) is 38.1 Å². The number of rotatable bonds is 19. The Kier molecular flexibility index (Phi) is 16.6. The molecule has 0 aromatic heterocycles. The van der Waals surface area contributed by atoms with E-state index in [4.69, 9.17) is 29.4 Å². The largest absolute Gasteiger partial charge is 0.493 e. The predicted molar refractivity (Wildman–Crippen MR) is 193 cm³/mol. The molecule has 0 heterocycles. The van der Waals surface area contributed by atoms with Crippen LogP contribution < -0.4 is 18.9 Å². The van der Waals surface area contributed by atoms with Gasteiger partial charge in [0.15, 0.2) is 11.5 Å². The van der Waals surface area contributed by atoms with Crippen LogP contribution in [0.4, 0.5) is 13.2 Å². The maximum Gasteiger partial charge on any atom is 0.416 e. The van der Waals surface area contributed by atoms with Crippen molar-refractivity contribution < 1.29 is 72.3 Å². The second-order valence-corrected chi connectivity index (χ2v) is 12.8. The van der Waals surface area contributed by atoms with E-state index in [-0.39, 0.29) is 55.0 Å². The molecule has 3 aromatic carbocycles. The minimum Gasteiger partial charge on any atom is -0.493 e. The molecule has 0 spiro atoms. The summed E-state index contributed by atoms with van der Waals surface area (Å²) in [5.41, 5.74) is 0.216. The number of aliphatic hydroxyl groups excluding tert-OH is 3. The second kappa shape index (κ2) is 21.3. The fourth-order valence-electron chi connectivity index (χ4n) is 5.89. The monoisotopic (exact) mass is 787 g/mol. The third kappa shape index (κ3) is 14.2. The van der Waals surface area contributed by atoms with Crippen LogP contribution in [0.5, 0.6) is 23.0 Å². The molecule has 16 heteroatoms. The van der Waals surface area contributed by atoms with Crippen LogP contribution in [-0.4, -0.2) is 75.1 Å². The summed E-state index contributed by atoms with van der Waals surface area (Å²) in [4.78, 5) is 29.5. The van der Waals surface area contributed by atoms with Gasteiger partial charge >= 0.3 is 18.1 Å². The van der Waals surface area contributed by atoms with E-state index >= 15 is 0 Å². The number of hydrogen-bond donors (Lipinski definition) is 5. The molecule has 56 heavy (non-hydrogen) atoms. The quantitative estimate of drug-likeness (QED) is 0.0231.